The van der Waals surface area contributed by atoms with E-state index in [4.69, 9.17) is 4.74 Å². The minimum Gasteiger partial charge on any atom is -0.493 e. The van der Waals surface area contributed by atoms with Crippen molar-refractivity contribution < 1.29 is 22.7 Å². The molecule has 1 aromatic heterocycles. The van der Waals surface area contributed by atoms with Gasteiger partial charge in [-0.2, -0.15) is 13.2 Å². The molecule has 3 fully saturated rings. The van der Waals surface area contributed by atoms with E-state index in [1.807, 2.05) is 18.2 Å². The monoisotopic (exact) mass is 428 g/mol. The molecule has 2 N–H and O–H groups in total. The Morgan fingerprint density at radius 1 is 1.16 bits per heavy atom. The number of alkyl halides is 3. The van der Waals surface area contributed by atoms with Crippen molar-refractivity contribution in [3.63, 3.8) is 0 Å². The number of carbonyl (C=O) groups excluding carboxylic acids is 1. The van der Waals surface area contributed by atoms with Crippen LogP contribution in [0.2, 0.25) is 0 Å². The fraction of sp³-hybridized carbons (Fsp3) is 0.375. The van der Waals surface area contributed by atoms with Crippen LogP contribution in [0.3, 0.4) is 0 Å². The van der Waals surface area contributed by atoms with E-state index in [2.05, 4.69) is 10.3 Å². The Morgan fingerprint density at radius 2 is 1.94 bits per heavy atom. The van der Waals surface area contributed by atoms with Gasteiger partial charge in [-0.25, -0.2) is 0 Å². The second-order valence-electron chi connectivity index (χ2n) is 8.75. The molecule has 2 aromatic carbocycles. The number of fused-ring (bicyclic) bond motifs is 2. The second-order valence-corrected chi connectivity index (χ2v) is 8.75. The molecule has 0 saturated heterocycles. The highest BCUT2D eigenvalue weighted by Crippen LogP contribution is 2.59. The molecule has 31 heavy (non-hydrogen) atoms. The molecule has 7 heteroatoms. The van der Waals surface area contributed by atoms with Gasteiger partial charge in [0.1, 0.15) is 5.75 Å². The van der Waals surface area contributed by atoms with Gasteiger partial charge in [0.2, 0.25) is 5.91 Å². The summed E-state index contributed by atoms with van der Waals surface area (Å²) in [5.74, 6) is 1.48. The van der Waals surface area contributed by atoms with Crippen LogP contribution in [-0.2, 0) is 17.4 Å². The Morgan fingerprint density at radius 3 is 2.61 bits per heavy atom. The van der Waals surface area contributed by atoms with Gasteiger partial charge in [-0.05, 0) is 67.5 Å². The van der Waals surface area contributed by atoms with Crippen LogP contribution in [0.5, 0.6) is 5.75 Å². The topological polar surface area (TPSA) is 54.1 Å². The van der Waals surface area contributed by atoms with Crippen LogP contribution >= 0.6 is 0 Å². The van der Waals surface area contributed by atoms with Crippen molar-refractivity contribution >= 4 is 22.5 Å². The van der Waals surface area contributed by atoms with E-state index in [0.29, 0.717) is 18.8 Å². The molecule has 162 valence electrons. The predicted octanol–water partition coefficient (Wildman–Crippen LogP) is 5.94. The maximum atomic E-state index is 12.8. The third kappa shape index (κ3) is 3.77. The largest absolute Gasteiger partial charge is 0.493 e. The van der Waals surface area contributed by atoms with Crippen LogP contribution in [0.1, 0.15) is 36.8 Å². The third-order valence-corrected chi connectivity index (χ3v) is 6.71. The molecule has 1 amide bonds. The smallest absolute Gasteiger partial charge is 0.416 e. The van der Waals surface area contributed by atoms with Gasteiger partial charge in [0.15, 0.2) is 0 Å². The minimum atomic E-state index is -4.33. The summed E-state index contributed by atoms with van der Waals surface area (Å²) < 4.78 is 43.8. The van der Waals surface area contributed by atoms with E-state index in [9.17, 15) is 18.0 Å². The van der Waals surface area contributed by atoms with Gasteiger partial charge in [0.05, 0.1) is 23.3 Å². The maximum Gasteiger partial charge on any atom is 0.416 e. The molecule has 4 nitrogen and oxygen atoms in total. The van der Waals surface area contributed by atoms with Gasteiger partial charge in [0, 0.05) is 23.5 Å². The minimum absolute atomic E-state index is 0.107. The van der Waals surface area contributed by atoms with E-state index in [-0.39, 0.29) is 11.3 Å². The summed E-state index contributed by atoms with van der Waals surface area (Å²) in [4.78, 5) is 16.0. The fourth-order valence-electron chi connectivity index (χ4n) is 4.93. The Bertz CT molecular complexity index is 1110. The molecule has 0 atom stereocenters. The van der Waals surface area contributed by atoms with Crippen molar-refractivity contribution in [2.75, 3.05) is 11.9 Å². The van der Waals surface area contributed by atoms with Crippen LogP contribution in [0.25, 0.3) is 10.9 Å². The molecule has 0 spiro atoms. The molecular weight excluding hydrogens is 405 g/mol. The first kappa shape index (κ1) is 20.0. The average molecular weight is 428 g/mol. The number of aromatic nitrogens is 1. The Balaban J connectivity index is 1.22. The molecule has 3 saturated carbocycles. The third-order valence-electron chi connectivity index (χ3n) is 6.71. The van der Waals surface area contributed by atoms with E-state index in [0.717, 1.165) is 65.9 Å². The first-order valence-corrected chi connectivity index (χ1v) is 10.5. The first-order chi connectivity index (χ1) is 14.8. The van der Waals surface area contributed by atoms with Crippen LogP contribution in [-0.4, -0.2) is 17.5 Å². The van der Waals surface area contributed by atoms with Gasteiger partial charge < -0.3 is 15.0 Å². The molecule has 2 bridgehead atoms. The lowest BCUT2D eigenvalue weighted by Crippen LogP contribution is -2.40. The number of hydrogen-bond donors (Lipinski definition) is 2. The second kappa shape index (κ2) is 7.32. The molecular formula is C24H23F3N2O2. The number of halogens is 3. The lowest BCUT2D eigenvalue weighted by molar-refractivity contribution is -0.137. The molecule has 3 aromatic rings. The summed E-state index contributed by atoms with van der Waals surface area (Å²) in [6.45, 7) is 0.341. The summed E-state index contributed by atoms with van der Waals surface area (Å²) in [5.41, 5.74) is 1.60. The standard InChI is InChI=1S/C24H23F3N2O2/c25-24(26,27)17-3-1-15(2-4-17)8-10-31-18-5-6-20-19(11-18)21(14-28-20)29-22(30)23-9-7-16(12-23)13-23/h1-6,11,14,16,28H,7-10,12-13H2,(H,29,30). The normalized spacial score (nSPS) is 22.4. The summed E-state index contributed by atoms with van der Waals surface area (Å²) in [6, 6.07) is 10.7. The zero-order valence-corrected chi connectivity index (χ0v) is 16.9. The predicted molar refractivity (Wildman–Crippen MR) is 112 cm³/mol. The van der Waals surface area contributed by atoms with Crippen LogP contribution < -0.4 is 10.1 Å². The van der Waals surface area contributed by atoms with Crippen LogP contribution in [0.4, 0.5) is 18.9 Å². The Labute approximate surface area is 177 Å². The van der Waals surface area contributed by atoms with Crippen molar-refractivity contribution in [3.8, 4) is 5.75 Å². The number of H-pyrrole nitrogens is 1. The summed E-state index contributed by atoms with van der Waals surface area (Å²) in [6.07, 6.45) is 2.10. The summed E-state index contributed by atoms with van der Waals surface area (Å²) in [7, 11) is 0. The lowest BCUT2D eigenvalue weighted by Gasteiger charge is -2.36. The molecule has 0 unspecified atom stereocenters. The highest BCUT2D eigenvalue weighted by atomic mass is 19.4. The molecule has 3 aliphatic rings. The SMILES string of the molecule is O=C(Nc1c[nH]c2ccc(OCCc3ccc(C(F)(F)F)cc3)cc12)C12CCC(C1)C2. The van der Waals surface area contributed by atoms with Crippen molar-refractivity contribution in [3.05, 3.63) is 59.8 Å². The number of aromatic amines is 1. The summed E-state index contributed by atoms with van der Waals surface area (Å²) in [5, 5.41) is 3.97. The van der Waals surface area contributed by atoms with Crippen molar-refractivity contribution in [1.82, 2.24) is 4.98 Å². The van der Waals surface area contributed by atoms with Crippen LogP contribution in [0, 0.1) is 11.3 Å². The van der Waals surface area contributed by atoms with E-state index >= 15 is 0 Å². The average Bonchev–Trinajstić information content (AvgIpc) is 3.43. The van der Waals surface area contributed by atoms with E-state index < -0.39 is 11.7 Å². The fourth-order valence-corrected chi connectivity index (χ4v) is 4.93. The van der Waals surface area contributed by atoms with Gasteiger partial charge in [0.25, 0.3) is 0 Å². The molecule has 6 rings (SSSR count). The van der Waals surface area contributed by atoms with Crippen molar-refractivity contribution in [2.24, 2.45) is 11.3 Å². The number of hydrogen-bond acceptors (Lipinski definition) is 2. The van der Waals surface area contributed by atoms with Crippen LogP contribution in [0.15, 0.2) is 48.7 Å². The van der Waals surface area contributed by atoms with Gasteiger partial charge in [-0.15, -0.1) is 0 Å². The van der Waals surface area contributed by atoms with E-state index in [1.54, 1.807) is 6.20 Å². The zero-order chi connectivity index (χ0) is 21.6. The quantitative estimate of drug-likeness (QED) is 0.511. The highest BCUT2D eigenvalue weighted by molar-refractivity contribution is 6.04. The highest BCUT2D eigenvalue weighted by Gasteiger charge is 2.55. The zero-order valence-electron chi connectivity index (χ0n) is 16.9. The lowest BCUT2D eigenvalue weighted by atomic mass is 9.69. The van der Waals surface area contributed by atoms with Crippen molar-refractivity contribution in [2.45, 2.75) is 38.3 Å². The number of nitrogens with one attached hydrogen (secondary N) is 2. The number of rotatable bonds is 6. The summed E-state index contributed by atoms with van der Waals surface area (Å²) >= 11 is 0. The Kier molecular flexibility index (Phi) is 4.72. The number of benzene rings is 2. The molecule has 1 heterocycles. The molecule has 0 radical (unpaired) electrons. The number of carbonyl (C=O) groups is 1. The Hall–Kier alpha value is -2.96. The first-order valence-electron chi connectivity index (χ1n) is 10.5. The number of ether oxygens (including phenoxy) is 1. The number of amides is 1. The molecule has 3 aliphatic carbocycles. The number of anilines is 1. The van der Waals surface area contributed by atoms with Gasteiger partial charge in [-0.3, -0.25) is 4.79 Å². The van der Waals surface area contributed by atoms with E-state index in [1.165, 1.54) is 12.1 Å². The van der Waals surface area contributed by atoms with Gasteiger partial charge in [-0.1, -0.05) is 12.1 Å². The van der Waals surface area contributed by atoms with Crippen molar-refractivity contribution in [1.29, 1.82) is 0 Å². The van der Waals surface area contributed by atoms with Gasteiger partial charge >= 0.3 is 6.18 Å². The molecule has 0 aliphatic heterocycles. The maximum absolute atomic E-state index is 12.8.